The fraction of sp³-hybridized carbons (Fsp3) is 0.375. The van der Waals surface area contributed by atoms with Crippen LogP contribution in [0.25, 0.3) is 0 Å². The molecule has 0 aliphatic carbocycles. The van der Waals surface area contributed by atoms with Gasteiger partial charge in [0.2, 0.25) is 5.95 Å². The molecular weight excluding hydrogens is 152 g/mol. The van der Waals surface area contributed by atoms with E-state index in [0.717, 1.165) is 11.4 Å². The molecule has 1 heterocycles. The van der Waals surface area contributed by atoms with E-state index in [4.69, 9.17) is 0 Å². The molecule has 64 valence electrons. The van der Waals surface area contributed by atoms with Crippen molar-refractivity contribution >= 4 is 12.2 Å². The summed E-state index contributed by atoms with van der Waals surface area (Å²) in [4.78, 5) is 8.27. The highest BCUT2D eigenvalue weighted by atomic mass is 15.3. The third kappa shape index (κ3) is 2.30. The van der Waals surface area contributed by atoms with E-state index in [-0.39, 0.29) is 0 Å². The fourth-order valence-electron chi connectivity index (χ4n) is 0.898. The van der Waals surface area contributed by atoms with Crippen LogP contribution in [0.5, 0.6) is 0 Å². The Balaban J connectivity index is 2.85. The normalized spacial score (nSPS) is 10.6. The lowest BCUT2D eigenvalue weighted by molar-refractivity contribution is 1.03. The first kappa shape index (κ1) is 8.64. The van der Waals surface area contributed by atoms with Crippen molar-refractivity contribution < 1.29 is 0 Å². The van der Waals surface area contributed by atoms with Gasteiger partial charge >= 0.3 is 0 Å². The van der Waals surface area contributed by atoms with Crippen LogP contribution in [0.1, 0.15) is 18.3 Å². The summed E-state index contributed by atoms with van der Waals surface area (Å²) in [6.07, 6.45) is 1.65. The lowest BCUT2D eigenvalue weighted by Crippen LogP contribution is -1.98. The fourth-order valence-corrected chi connectivity index (χ4v) is 0.898. The molecule has 0 aliphatic rings. The van der Waals surface area contributed by atoms with Crippen LogP contribution < -0.4 is 5.43 Å². The van der Waals surface area contributed by atoms with Crippen molar-refractivity contribution in [3.63, 3.8) is 0 Å². The summed E-state index contributed by atoms with van der Waals surface area (Å²) in [5, 5.41) is 3.82. The average molecular weight is 164 g/mol. The minimum absolute atomic E-state index is 0.547. The Hall–Kier alpha value is -1.45. The second kappa shape index (κ2) is 3.80. The van der Waals surface area contributed by atoms with E-state index >= 15 is 0 Å². The van der Waals surface area contributed by atoms with Crippen LogP contribution in [0.15, 0.2) is 11.2 Å². The van der Waals surface area contributed by atoms with E-state index in [1.165, 1.54) is 0 Å². The molecule has 0 radical (unpaired) electrons. The molecule has 1 rings (SSSR count). The monoisotopic (exact) mass is 164 g/mol. The molecular formula is C8H12N4. The van der Waals surface area contributed by atoms with Gasteiger partial charge in [0.1, 0.15) is 0 Å². The second-order valence-electron chi connectivity index (χ2n) is 2.47. The molecule has 1 aromatic rings. The van der Waals surface area contributed by atoms with Gasteiger partial charge in [-0.2, -0.15) is 5.10 Å². The van der Waals surface area contributed by atoms with Gasteiger partial charge < -0.3 is 0 Å². The molecule has 0 bridgehead atoms. The Bertz CT molecular complexity index is 273. The Morgan fingerprint density at radius 1 is 1.33 bits per heavy atom. The molecule has 0 spiro atoms. The molecule has 0 aromatic carbocycles. The summed E-state index contributed by atoms with van der Waals surface area (Å²) in [7, 11) is 0. The van der Waals surface area contributed by atoms with Crippen LogP contribution >= 0.6 is 0 Å². The van der Waals surface area contributed by atoms with Crippen LogP contribution in [0, 0.1) is 13.8 Å². The number of hydrogen-bond donors (Lipinski definition) is 1. The van der Waals surface area contributed by atoms with Crippen molar-refractivity contribution in [2.75, 3.05) is 5.43 Å². The molecule has 0 aliphatic heterocycles. The van der Waals surface area contributed by atoms with Crippen LogP contribution in [-0.2, 0) is 0 Å². The van der Waals surface area contributed by atoms with Crippen LogP contribution in [0.2, 0.25) is 0 Å². The molecule has 4 nitrogen and oxygen atoms in total. The first-order chi connectivity index (χ1) is 5.72. The molecule has 4 heteroatoms. The third-order valence-corrected chi connectivity index (χ3v) is 1.28. The van der Waals surface area contributed by atoms with E-state index in [1.54, 1.807) is 6.21 Å². The summed E-state index contributed by atoms with van der Waals surface area (Å²) in [6.45, 7) is 5.68. The van der Waals surface area contributed by atoms with E-state index in [1.807, 2.05) is 26.8 Å². The zero-order valence-corrected chi connectivity index (χ0v) is 7.50. The van der Waals surface area contributed by atoms with Crippen molar-refractivity contribution in [2.45, 2.75) is 20.8 Å². The lowest BCUT2D eigenvalue weighted by Gasteiger charge is -2.00. The van der Waals surface area contributed by atoms with Crippen LogP contribution in [0.4, 0.5) is 5.95 Å². The maximum atomic E-state index is 4.14. The first-order valence-corrected chi connectivity index (χ1v) is 3.78. The molecule has 12 heavy (non-hydrogen) atoms. The smallest absolute Gasteiger partial charge is 0.243 e. The topological polar surface area (TPSA) is 50.2 Å². The Kier molecular flexibility index (Phi) is 2.74. The number of nitrogens with zero attached hydrogens (tertiary/aromatic N) is 3. The number of hydrogen-bond acceptors (Lipinski definition) is 4. The minimum atomic E-state index is 0.547. The molecule has 1 N–H and O–H groups in total. The summed E-state index contributed by atoms with van der Waals surface area (Å²) in [5.41, 5.74) is 4.61. The zero-order chi connectivity index (χ0) is 8.97. The van der Waals surface area contributed by atoms with Gasteiger partial charge in [0.15, 0.2) is 0 Å². The van der Waals surface area contributed by atoms with Crippen LogP contribution in [-0.4, -0.2) is 16.2 Å². The summed E-state index contributed by atoms with van der Waals surface area (Å²) in [5.74, 6) is 0.547. The van der Waals surface area contributed by atoms with Gasteiger partial charge in [0.05, 0.1) is 0 Å². The van der Waals surface area contributed by atoms with E-state index in [0.29, 0.717) is 5.95 Å². The molecule has 0 unspecified atom stereocenters. The Morgan fingerprint density at radius 2 is 1.92 bits per heavy atom. The summed E-state index contributed by atoms with van der Waals surface area (Å²) >= 11 is 0. The highest BCUT2D eigenvalue weighted by molar-refractivity contribution is 5.54. The van der Waals surface area contributed by atoms with E-state index in [2.05, 4.69) is 20.5 Å². The molecule has 0 saturated carbocycles. The third-order valence-electron chi connectivity index (χ3n) is 1.28. The first-order valence-electron chi connectivity index (χ1n) is 3.78. The molecule has 0 atom stereocenters. The van der Waals surface area contributed by atoms with Crippen molar-refractivity contribution in [1.29, 1.82) is 0 Å². The van der Waals surface area contributed by atoms with Crippen LogP contribution in [0.3, 0.4) is 0 Å². The van der Waals surface area contributed by atoms with E-state index in [9.17, 15) is 0 Å². The lowest BCUT2D eigenvalue weighted by atomic mass is 10.4. The summed E-state index contributed by atoms with van der Waals surface area (Å²) < 4.78 is 0. The predicted octanol–water partition coefficient (Wildman–Crippen LogP) is 1.51. The molecule has 0 fully saturated rings. The zero-order valence-electron chi connectivity index (χ0n) is 7.50. The van der Waals surface area contributed by atoms with Crippen molar-refractivity contribution in [3.05, 3.63) is 17.5 Å². The average Bonchev–Trinajstić information content (AvgIpc) is 1.99. The minimum Gasteiger partial charge on any atom is -0.246 e. The van der Waals surface area contributed by atoms with Gasteiger partial charge in [0.25, 0.3) is 0 Å². The molecule has 0 amide bonds. The quantitative estimate of drug-likeness (QED) is 0.532. The highest BCUT2D eigenvalue weighted by Crippen LogP contribution is 2.02. The SMILES string of the molecule is C/C=N/Nc1nc(C)cc(C)n1. The van der Waals surface area contributed by atoms with E-state index < -0.39 is 0 Å². The number of aryl methyl sites for hydroxylation is 2. The Morgan fingerprint density at radius 3 is 2.42 bits per heavy atom. The number of hydrazone groups is 1. The largest absolute Gasteiger partial charge is 0.246 e. The standard InChI is InChI=1S/C8H12N4/c1-4-9-12-8-10-6(2)5-7(3)11-8/h4-5H,1-3H3,(H,10,11,12)/b9-4+. The number of anilines is 1. The van der Waals surface area contributed by atoms with Gasteiger partial charge in [-0.05, 0) is 26.8 Å². The highest BCUT2D eigenvalue weighted by Gasteiger charge is 1.95. The maximum Gasteiger partial charge on any atom is 0.243 e. The summed E-state index contributed by atoms with van der Waals surface area (Å²) in [6, 6.07) is 1.92. The van der Waals surface area contributed by atoms with Gasteiger partial charge in [0, 0.05) is 17.6 Å². The number of rotatable bonds is 2. The molecule has 1 aromatic heterocycles. The number of aromatic nitrogens is 2. The molecule has 0 saturated heterocycles. The van der Waals surface area contributed by atoms with Crippen molar-refractivity contribution in [3.8, 4) is 0 Å². The predicted molar refractivity (Wildman–Crippen MR) is 49.3 cm³/mol. The van der Waals surface area contributed by atoms with Crippen molar-refractivity contribution in [1.82, 2.24) is 9.97 Å². The Labute approximate surface area is 71.7 Å². The second-order valence-corrected chi connectivity index (χ2v) is 2.47. The van der Waals surface area contributed by atoms with Gasteiger partial charge in [-0.25, -0.2) is 15.4 Å². The number of nitrogens with one attached hydrogen (secondary N) is 1. The van der Waals surface area contributed by atoms with Gasteiger partial charge in [-0.15, -0.1) is 0 Å². The van der Waals surface area contributed by atoms with Crippen molar-refractivity contribution in [2.24, 2.45) is 5.10 Å². The maximum absolute atomic E-state index is 4.14. The van der Waals surface area contributed by atoms with Gasteiger partial charge in [-0.1, -0.05) is 0 Å². The van der Waals surface area contributed by atoms with Gasteiger partial charge in [-0.3, -0.25) is 0 Å².